The van der Waals surface area contributed by atoms with Crippen molar-refractivity contribution < 1.29 is 9.53 Å². The molecule has 0 unspecified atom stereocenters. The van der Waals surface area contributed by atoms with Gasteiger partial charge in [-0.2, -0.15) is 5.10 Å². The van der Waals surface area contributed by atoms with Gasteiger partial charge in [0.15, 0.2) is 0 Å². The molecule has 5 nitrogen and oxygen atoms in total. The first kappa shape index (κ1) is 12.8. The van der Waals surface area contributed by atoms with Crippen molar-refractivity contribution in [1.29, 1.82) is 0 Å². The molecule has 0 aliphatic carbocycles. The first-order valence-electron chi connectivity index (χ1n) is 5.73. The van der Waals surface area contributed by atoms with E-state index >= 15 is 0 Å². The highest BCUT2D eigenvalue weighted by Gasteiger charge is 2.03. The number of aromatic nitrogens is 1. The number of amides is 1. The number of carbonyl (C=O) groups excluding carboxylic acids is 1. The highest BCUT2D eigenvalue weighted by molar-refractivity contribution is 5.98. The summed E-state index contributed by atoms with van der Waals surface area (Å²) in [6, 6.07) is 12.4. The van der Waals surface area contributed by atoms with E-state index in [0.717, 1.165) is 5.56 Å². The molecule has 0 atom stereocenters. The first-order chi connectivity index (χ1) is 9.25. The van der Waals surface area contributed by atoms with Crippen LogP contribution in [0, 0.1) is 0 Å². The third kappa shape index (κ3) is 3.92. The van der Waals surface area contributed by atoms with Crippen LogP contribution < -0.4 is 10.2 Å². The van der Waals surface area contributed by atoms with Gasteiger partial charge >= 0.3 is 6.09 Å². The standard InChI is InChI=1S/C14H13N3O2/c1-11(12-7-9-15-10-8-12)16-17-14(18)19-13-5-3-2-4-6-13/h2-10H,1H3,(H,17,18). The third-order valence-electron chi connectivity index (χ3n) is 2.37. The number of nitrogens with zero attached hydrogens (tertiary/aromatic N) is 2. The predicted molar refractivity (Wildman–Crippen MR) is 72.0 cm³/mol. The van der Waals surface area contributed by atoms with Crippen molar-refractivity contribution in [3.05, 3.63) is 60.4 Å². The number of rotatable bonds is 3. The van der Waals surface area contributed by atoms with Gasteiger partial charge in [-0.1, -0.05) is 18.2 Å². The number of pyridine rings is 1. The van der Waals surface area contributed by atoms with E-state index in [1.807, 2.05) is 18.2 Å². The lowest BCUT2D eigenvalue weighted by Crippen LogP contribution is -2.23. The smallest absolute Gasteiger partial charge is 0.409 e. The summed E-state index contributed by atoms with van der Waals surface area (Å²) in [6.07, 6.45) is 2.70. The molecular formula is C14H13N3O2. The maximum Gasteiger partial charge on any atom is 0.433 e. The van der Waals surface area contributed by atoms with Gasteiger partial charge in [0, 0.05) is 18.0 Å². The summed E-state index contributed by atoms with van der Waals surface area (Å²) in [5, 5.41) is 3.95. The summed E-state index contributed by atoms with van der Waals surface area (Å²) < 4.78 is 5.03. The molecule has 2 rings (SSSR count). The monoisotopic (exact) mass is 255 g/mol. The van der Waals surface area contributed by atoms with E-state index < -0.39 is 6.09 Å². The van der Waals surface area contributed by atoms with Gasteiger partial charge in [0.1, 0.15) is 5.75 Å². The van der Waals surface area contributed by atoms with Crippen LogP contribution in [0.1, 0.15) is 12.5 Å². The Bertz CT molecular complexity index is 568. The average Bonchev–Trinajstić information content (AvgIpc) is 2.47. The number of hydrogen-bond acceptors (Lipinski definition) is 4. The first-order valence-corrected chi connectivity index (χ1v) is 5.73. The second-order valence-corrected chi connectivity index (χ2v) is 3.75. The number of para-hydroxylation sites is 1. The van der Waals surface area contributed by atoms with Crippen molar-refractivity contribution in [1.82, 2.24) is 10.4 Å². The molecule has 1 aromatic carbocycles. The largest absolute Gasteiger partial charge is 0.433 e. The van der Waals surface area contributed by atoms with Gasteiger partial charge in [-0.15, -0.1) is 0 Å². The molecule has 0 bridgehead atoms. The number of carbonyl (C=O) groups is 1. The minimum Gasteiger partial charge on any atom is -0.409 e. The SMILES string of the molecule is CC(=NNC(=O)Oc1ccccc1)c1ccncc1. The number of hydrazone groups is 1. The minimum atomic E-state index is -0.625. The molecule has 5 heteroatoms. The van der Waals surface area contributed by atoms with Crippen molar-refractivity contribution in [2.24, 2.45) is 5.10 Å². The van der Waals surface area contributed by atoms with E-state index in [1.165, 1.54) is 0 Å². The molecule has 96 valence electrons. The molecule has 2 aromatic rings. The molecule has 0 aliphatic rings. The highest BCUT2D eigenvalue weighted by Crippen LogP contribution is 2.08. The Hall–Kier alpha value is -2.69. The Morgan fingerprint density at radius 3 is 2.53 bits per heavy atom. The number of benzene rings is 1. The van der Waals surface area contributed by atoms with E-state index in [-0.39, 0.29) is 0 Å². The average molecular weight is 255 g/mol. The molecule has 1 amide bonds. The van der Waals surface area contributed by atoms with Crippen LogP contribution in [0.2, 0.25) is 0 Å². The zero-order valence-corrected chi connectivity index (χ0v) is 10.4. The fourth-order valence-electron chi connectivity index (χ4n) is 1.41. The summed E-state index contributed by atoms with van der Waals surface area (Å²) in [7, 11) is 0. The van der Waals surface area contributed by atoms with Gasteiger partial charge < -0.3 is 4.74 Å². The molecule has 1 heterocycles. The van der Waals surface area contributed by atoms with Gasteiger partial charge in [0.05, 0.1) is 5.71 Å². The molecule has 0 fully saturated rings. The van der Waals surface area contributed by atoms with Crippen LogP contribution >= 0.6 is 0 Å². The highest BCUT2D eigenvalue weighted by atomic mass is 16.6. The van der Waals surface area contributed by atoms with Crippen molar-refractivity contribution in [2.75, 3.05) is 0 Å². The van der Waals surface area contributed by atoms with Crippen LogP contribution in [0.4, 0.5) is 4.79 Å². The fourth-order valence-corrected chi connectivity index (χ4v) is 1.41. The van der Waals surface area contributed by atoms with Crippen molar-refractivity contribution >= 4 is 11.8 Å². The topological polar surface area (TPSA) is 63.6 Å². The zero-order chi connectivity index (χ0) is 13.5. The minimum absolute atomic E-state index is 0.469. The summed E-state index contributed by atoms with van der Waals surface area (Å²) in [6.45, 7) is 1.79. The molecule has 0 saturated heterocycles. The van der Waals surface area contributed by atoms with Gasteiger partial charge in [0.2, 0.25) is 0 Å². The van der Waals surface area contributed by atoms with Crippen molar-refractivity contribution in [2.45, 2.75) is 6.92 Å². The van der Waals surface area contributed by atoms with Crippen LogP contribution in [0.5, 0.6) is 5.75 Å². The zero-order valence-electron chi connectivity index (χ0n) is 10.4. The van der Waals surface area contributed by atoms with Crippen LogP contribution in [0.3, 0.4) is 0 Å². The van der Waals surface area contributed by atoms with Crippen molar-refractivity contribution in [3.63, 3.8) is 0 Å². The lowest BCUT2D eigenvalue weighted by molar-refractivity contribution is 0.201. The van der Waals surface area contributed by atoms with Crippen LogP contribution in [-0.2, 0) is 0 Å². The lowest BCUT2D eigenvalue weighted by Gasteiger charge is -2.04. The number of nitrogens with one attached hydrogen (secondary N) is 1. The second kappa shape index (κ2) is 6.30. The van der Waals surface area contributed by atoms with Gasteiger partial charge in [-0.25, -0.2) is 10.2 Å². The molecular weight excluding hydrogens is 242 g/mol. The predicted octanol–water partition coefficient (Wildman–Crippen LogP) is 2.59. The van der Waals surface area contributed by atoms with Crippen LogP contribution in [-0.4, -0.2) is 16.8 Å². The Kier molecular flexibility index (Phi) is 4.23. The quantitative estimate of drug-likeness (QED) is 0.677. The van der Waals surface area contributed by atoms with E-state index in [9.17, 15) is 4.79 Å². The van der Waals surface area contributed by atoms with E-state index in [2.05, 4.69) is 15.5 Å². The summed E-state index contributed by atoms with van der Waals surface area (Å²) >= 11 is 0. The molecule has 0 radical (unpaired) electrons. The number of hydrogen-bond donors (Lipinski definition) is 1. The second-order valence-electron chi connectivity index (χ2n) is 3.75. The molecule has 1 aromatic heterocycles. The number of ether oxygens (including phenoxy) is 1. The molecule has 0 spiro atoms. The molecule has 0 saturated carbocycles. The molecule has 0 aliphatic heterocycles. The third-order valence-corrected chi connectivity index (χ3v) is 2.37. The molecule has 19 heavy (non-hydrogen) atoms. The van der Waals surface area contributed by atoms with Gasteiger partial charge in [0.25, 0.3) is 0 Å². The van der Waals surface area contributed by atoms with Gasteiger partial charge in [-0.3, -0.25) is 4.98 Å². The normalized spacial score (nSPS) is 10.9. The summed E-state index contributed by atoms with van der Waals surface area (Å²) in [4.78, 5) is 15.4. The Morgan fingerprint density at radius 1 is 1.16 bits per heavy atom. The fraction of sp³-hybridized carbons (Fsp3) is 0.0714. The van der Waals surface area contributed by atoms with E-state index in [0.29, 0.717) is 11.5 Å². The lowest BCUT2D eigenvalue weighted by atomic mass is 10.2. The molecule has 1 N–H and O–H groups in total. The summed E-state index contributed by atoms with van der Waals surface area (Å²) in [5.74, 6) is 0.469. The summed E-state index contributed by atoms with van der Waals surface area (Å²) in [5.41, 5.74) is 3.89. The van der Waals surface area contributed by atoms with Crippen LogP contribution in [0.15, 0.2) is 60.0 Å². The van der Waals surface area contributed by atoms with Gasteiger partial charge in [-0.05, 0) is 31.2 Å². The maximum absolute atomic E-state index is 11.5. The Balaban J connectivity index is 1.93. The van der Waals surface area contributed by atoms with E-state index in [1.54, 1.807) is 43.6 Å². The maximum atomic E-state index is 11.5. The van der Waals surface area contributed by atoms with Crippen LogP contribution in [0.25, 0.3) is 0 Å². The Labute approximate surface area is 110 Å². The van der Waals surface area contributed by atoms with Crippen molar-refractivity contribution in [3.8, 4) is 5.75 Å². The van der Waals surface area contributed by atoms with E-state index in [4.69, 9.17) is 4.74 Å². The Morgan fingerprint density at radius 2 is 1.84 bits per heavy atom.